The molecule has 0 bridgehead atoms. The zero-order valence-electron chi connectivity index (χ0n) is 19.1. The molecule has 0 aliphatic carbocycles. The van der Waals surface area contributed by atoms with E-state index in [1.165, 1.54) is 0 Å². The van der Waals surface area contributed by atoms with Crippen LogP contribution in [0.3, 0.4) is 0 Å². The van der Waals surface area contributed by atoms with Gasteiger partial charge in [-0.15, -0.1) is 0 Å². The maximum atomic E-state index is 11.9. The Morgan fingerprint density at radius 1 is 0.794 bits per heavy atom. The Morgan fingerprint density at radius 2 is 1.44 bits per heavy atom. The van der Waals surface area contributed by atoms with E-state index in [0.29, 0.717) is 17.1 Å². The van der Waals surface area contributed by atoms with E-state index in [2.05, 4.69) is 18.7 Å². The molecule has 0 atom stereocenters. The topological polar surface area (TPSA) is 63.2 Å². The fraction of sp³-hybridized carbons (Fsp3) is 0.222. The first-order chi connectivity index (χ1) is 16.7. The normalized spacial score (nSPS) is 11.0. The van der Waals surface area contributed by atoms with Crippen molar-refractivity contribution in [3.05, 3.63) is 72.3 Å². The SMILES string of the molecule is COCOc1ccc2ccccc2c1-c1c(OCOC)c(COC(=O)CS)cc2ccccc12. The number of carbonyl (C=O) groups is 1. The lowest BCUT2D eigenvalue weighted by Gasteiger charge is -2.22. The van der Waals surface area contributed by atoms with Gasteiger partial charge < -0.3 is 23.7 Å². The van der Waals surface area contributed by atoms with E-state index in [-0.39, 0.29) is 25.9 Å². The van der Waals surface area contributed by atoms with Crippen molar-refractivity contribution >= 4 is 40.1 Å². The van der Waals surface area contributed by atoms with Crippen molar-refractivity contribution in [2.75, 3.05) is 33.6 Å². The first-order valence-electron chi connectivity index (χ1n) is 10.7. The number of thiol groups is 1. The molecule has 0 N–H and O–H groups in total. The van der Waals surface area contributed by atoms with Crippen LogP contribution in [0.5, 0.6) is 11.5 Å². The van der Waals surface area contributed by atoms with Crippen molar-refractivity contribution in [3.63, 3.8) is 0 Å². The van der Waals surface area contributed by atoms with Crippen molar-refractivity contribution in [2.45, 2.75) is 6.61 Å². The summed E-state index contributed by atoms with van der Waals surface area (Å²) in [4.78, 5) is 11.9. The van der Waals surface area contributed by atoms with Crippen LogP contribution in [0.2, 0.25) is 0 Å². The van der Waals surface area contributed by atoms with E-state index in [0.717, 1.165) is 32.7 Å². The highest BCUT2D eigenvalue weighted by molar-refractivity contribution is 7.81. The molecular formula is C27H26O6S. The number of esters is 1. The minimum absolute atomic E-state index is 0.00692. The number of hydrogen-bond donors (Lipinski definition) is 1. The fourth-order valence-electron chi connectivity index (χ4n) is 3.98. The molecule has 0 aromatic heterocycles. The third-order valence-corrected chi connectivity index (χ3v) is 5.65. The van der Waals surface area contributed by atoms with E-state index >= 15 is 0 Å². The van der Waals surface area contributed by atoms with Crippen molar-refractivity contribution in [1.82, 2.24) is 0 Å². The molecule has 7 heteroatoms. The van der Waals surface area contributed by atoms with Crippen LogP contribution in [0.4, 0.5) is 0 Å². The van der Waals surface area contributed by atoms with Gasteiger partial charge in [0.2, 0.25) is 0 Å². The predicted molar refractivity (Wildman–Crippen MR) is 136 cm³/mol. The lowest BCUT2D eigenvalue weighted by Crippen LogP contribution is -2.09. The average Bonchev–Trinajstić information content (AvgIpc) is 2.88. The molecule has 0 aliphatic heterocycles. The van der Waals surface area contributed by atoms with Crippen LogP contribution < -0.4 is 9.47 Å². The highest BCUT2D eigenvalue weighted by Gasteiger charge is 2.22. The van der Waals surface area contributed by atoms with Gasteiger partial charge in [-0.2, -0.15) is 12.6 Å². The number of hydrogen-bond acceptors (Lipinski definition) is 7. The molecule has 0 fully saturated rings. The monoisotopic (exact) mass is 478 g/mol. The molecule has 0 saturated heterocycles. The third-order valence-electron chi connectivity index (χ3n) is 5.39. The molecule has 4 rings (SSSR count). The molecule has 34 heavy (non-hydrogen) atoms. The summed E-state index contributed by atoms with van der Waals surface area (Å²) in [5, 5.41) is 3.99. The Hall–Kier alpha value is -3.26. The molecule has 6 nitrogen and oxygen atoms in total. The maximum Gasteiger partial charge on any atom is 0.315 e. The molecular weight excluding hydrogens is 452 g/mol. The van der Waals surface area contributed by atoms with E-state index in [4.69, 9.17) is 23.7 Å². The molecule has 0 spiro atoms. The fourth-order valence-corrected chi connectivity index (χ4v) is 4.07. The van der Waals surface area contributed by atoms with Crippen LogP contribution in [0.25, 0.3) is 32.7 Å². The van der Waals surface area contributed by atoms with E-state index in [1.807, 2.05) is 60.7 Å². The van der Waals surface area contributed by atoms with Gasteiger partial charge in [0.25, 0.3) is 0 Å². The second kappa shape index (κ2) is 11.2. The van der Waals surface area contributed by atoms with E-state index in [1.54, 1.807) is 14.2 Å². The second-order valence-electron chi connectivity index (χ2n) is 7.54. The number of methoxy groups -OCH3 is 2. The van der Waals surface area contributed by atoms with Crippen LogP contribution in [-0.4, -0.2) is 39.5 Å². The van der Waals surface area contributed by atoms with E-state index in [9.17, 15) is 4.79 Å². The summed E-state index contributed by atoms with van der Waals surface area (Å²) in [6.07, 6.45) is 0. The highest BCUT2D eigenvalue weighted by Crippen LogP contribution is 2.47. The molecule has 4 aromatic rings. The van der Waals surface area contributed by atoms with Crippen molar-refractivity contribution in [1.29, 1.82) is 0 Å². The molecule has 0 radical (unpaired) electrons. The molecule has 176 valence electrons. The third kappa shape index (κ3) is 4.97. The zero-order valence-corrected chi connectivity index (χ0v) is 20.0. The number of fused-ring (bicyclic) bond motifs is 2. The van der Waals surface area contributed by atoms with Crippen LogP contribution in [0, 0.1) is 0 Å². The Kier molecular flexibility index (Phi) is 7.90. The van der Waals surface area contributed by atoms with Gasteiger partial charge in [-0.1, -0.05) is 54.6 Å². The summed E-state index contributed by atoms with van der Waals surface area (Å²) in [5.41, 5.74) is 2.40. The van der Waals surface area contributed by atoms with Gasteiger partial charge in [-0.05, 0) is 33.7 Å². The van der Waals surface area contributed by atoms with Crippen LogP contribution in [0.1, 0.15) is 5.56 Å². The van der Waals surface area contributed by atoms with Gasteiger partial charge in [0.05, 0.1) is 5.75 Å². The number of ether oxygens (including phenoxy) is 5. The van der Waals surface area contributed by atoms with Crippen LogP contribution in [-0.2, 0) is 25.6 Å². The summed E-state index contributed by atoms with van der Waals surface area (Å²) < 4.78 is 28.0. The lowest BCUT2D eigenvalue weighted by atomic mass is 9.90. The summed E-state index contributed by atoms with van der Waals surface area (Å²) in [6, 6.07) is 22.0. The first kappa shape index (κ1) is 23.9. The van der Waals surface area contributed by atoms with Gasteiger partial charge >= 0.3 is 5.97 Å². The van der Waals surface area contributed by atoms with Gasteiger partial charge in [0, 0.05) is 30.9 Å². The predicted octanol–water partition coefficient (Wildman–Crippen LogP) is 5.60. The largest absolute Gasteiger partial charge is 0.467 e. The molecule has 0 unspecified atom stereocenters. The molecule has 0 amide bonds. The highest BCUT2D eigenvalue weighted by atomic mass is 32.1. The molecule has 0 aliphatic rings. The minimum Gasteiger partial charge on any atom is -0.467 e. The first-order valence-corrected chi connectivity index (χ1v) is 11.4. The standard InChI is InChI=1S/C27H26O6S/c1-29-16-32-23-12-11-18-7-3-5-9-21(18)25(23)26-22-10-6-4-8-19(22)13-20(14-31-24(28)15-34)27(26)33-17-30-2/h3-13,34H,14-17H2,1-2H3. The quantitative estimate of drug-likeness (QED) is 0.182. The summed E-state index contributed by atoms with van der Waals surface area (Å²) >= 11 is 4.01. The molecule has 4 aromatic carbocycles. The van der Waals surface area contributed by atoms with Crippen LogP contribution >= 0.6 is 12.6 Å². The van der Waals surface area contributed by atoms with E-state index < -0.39 is 5.97 Å². The number of rotatable bonds is 10. The Morgan fingerprint density at radius 3 is 2.15 bits per heavy atom. The van der Waals surface area contributed by atoms with Gasteiger partial charge in [-0.25, -0.2) is 0 Å². The smallest absolute Gasteiger partial charge is 0.315 e. The van der Waals surface area contributed by atoms with Crippen molar-refractivity contribution in [2.24, 2.45) is 0 Å². The maximum absolute atomic E-state index is 11.9. The Labute approximate surface area is 203 Å². The number of benzene rings is 4. The van der Waals surface area contributed by atoms with Gasteiger partial charge in [-0.3, -0.25) is 4.79 Å². The lowest BCUT2D eigenvalue weighted by molar-refractivity contribution is -0.141. The van der Waals surface area contributed by atoms with Crippen molar-refractivity contribution < 1.29 is 28.5 Å². The molecule has 0 heterocycles. The second-order valence-corrected chi connectivity index (χ2v) is 7.86. The Bertz CT molecular complexity index is 1300. The zero-order chi connectivity index (χ0) is 23.9. The molecule has 0 saturated carbocycles. The summed E-state index contributed by atoms with van der Waals surface area (Å²) in [6.45, 7) is 0.157. The van der Waals surface area contributed by atoms with Crippen molar-refractivity contribution in [3.8, 4) is 22.6 Å². The number of carbonyl (C=O) groups excluding carboxylic acids is 1. The van der Waals surface area contributed by atoms with Gasteiger partial charge in [0.15, 0.2) is 13.6 Å². The van der Waals surface area contributed by atoms with Gasteiger partial charge in [0.1, 0.15) is 18.1 Å². The van der Waals surface area contributed by atoms with Crippen LogP contribution in [0.15, 0.2) is 66.7 Å². The Balaban J connectivity index is 2.06. The summed E-state index contributed by atoms with van der Waals surface area (Å²) in [5.74, 6) is 0.793. The average molecular weight is 479 g/mol. The minimum atomic E-state index is -0.412. The summed E-state index contributed by atoms with van der Waals surface area (Å²) in [7, 11) is 3.14.